The fraction of sp³-hybridized carbons (Fsp3) is 0.280. The van der Waals surface area contributed by atoms with Crippen LogP contribution >= 0.6 is 11.6 Å². The van der Waals surface area contributed by atoms with Crippen molar-refractivity contribution >= 4 is 22.5 Å². The smallest absolute Gasteiger partial charge is 0.218 e. The molecule has 2 aromatic heterocycles. The molecule has 0 aliphatic carbocycles. The molecule has 4 aromatic rings. The van der Waals surface area contributed by atoms with Crippen molar-refractivity contribution < 1.29 is 9.47 Å². The molecule has 0 fully saturated rings. The highest BCUT2D eigenvalue weighted by Gasteiger charge is 2.13. The number of nitrogens with zero attached hydrogens (tertiary/aromatic N) is 3. The van der Waals surface area contributed by atoms with Gasteiger partial charge in [-0.1, -0.05) is 29.8 Å². The third-order valence-corrected chi connectivity index (χ3v) is 6.03. The number of hydrogen-bond acceptors (Lipinski definition) is 5. The second-order valence-electron chi connectivity index (χ2n) is 7.77. The average Bonchev–Trinajstić information content (AvgIpc) is 3.04. The molecule has 0 saturated heterocycles. The number of nitrogens with one attached hydrogen (secondary N) is 1. The summed E-state index contributed by atoms with van der Waals surface area (Å²) in [6, 6.07) is 15.6. The van der Waals surface area contributed by atoms with Gasteiger partial charge in [0.15, 0.2) is 0 Å². The van der Waals surface area contributed by atoms with Crippen molar-refractivity contribution in [3.05, 3.63) is 81.6 Å². The maximum atomic E-state index is 6.31. The summed E-state index contributed by atoms with van der Waals surface area (Å²) in [5.41, 5.74) is 6.13. The fourth-order valence-corrected chi connectivity index (χ4v) is 3.90. The highest BCUT2D eigenvalue weighted by atomic mass is 35.5. The van der Waals surface area contributed by atoms with E-state index in [4.69, 9.17) is 26.1 Å². The maximum Gasteiger partial charge on any atom is 0.218 e. The number of aromatic nitrogens is 3. The second-order valence-corrected chi connectivity index (χ2v) is 8.18. The molecular formula is C25H27ClN4O2. The molecule has 32 heavy (non-hydrogen) atoms. The molecule has 166 valence electrons. The molecule has 0 bridgehead atoms. The number of pyridine rings is 1. The van der Waals surface area contributed by atoms with E-state index >= 15 is 0 Å². The lowest BCUT2D eigenvalue weighted by Crippen LogP contribution is -2.15. The van der Waals surface area contributed by atoms with Gasteiger partial charge in [-0.15, -0.1) is 0 Å². The first kappa shape index (κ1) is 22.1. The van der Waals surface area contributed by atoms with Gasteiger partial charge in [-0.2, -0.15) is 5.10 Å². The van der Waals surface area contributed by atoms with Gasteiger partial charge in [-0.3, -0.25) is 4.68 Å². The van der Waals surface area contributed by atoms with E-state index in [9.17, 15) is 0 Å². The molecule has 0 spiro atoms. The quantitative estimate of drug-likeness (QED) is 0.404. The number of halogens is 1. The Bertz CT molecular complexity index is 1250. The van der Waals surface area contributed by atoms with Crippen molar-refractivity contribution in [2.24, 2.45) is 7.05 Å². The molecule has 0 amide bonds. The molecule has 1 N–H and O–H groups in total. The van der Waals surface area contributed by atoms with E-state index in [0.29, 0.717) is 24.1 Å². The van der Waals surface area contributed by atoms with Crippen LogP contribution in [0.2, 0.25) is 5.02 Å². The predicted octanol–water partition coefficient (Wildman–Crippen LogP) is 5.12. The van der Waals surface area contributed by atoms with Gasteiger partial charge >= 0.3 is 0 Å². The molecule has 0 aliphatic heterocycles. The Morgan fingerprint density at radius 1 is 1.03 bits per heavy atom. The number of benzene rings is 2. The summed E-state index contributed by atoms with van der Waals surface area (Å²) in [6.45, 7) is 5.79. The van der Waals surface area contributed by atoms with Crippen molar-refractivity contribution in [1.29, 1.82) is 0 Å². The molecule has 7 heteroatoms. The van der Waals surface area contributed by atoms with Crippen molar-refractivity contribution in [3.63, 3.8) is 0 Å². The minimum Gasteiger partial charge on any atom is -0.497 e. The lowest BCUT2D eigenvalue weighted by molar-refractivity contribution is 0.291. The number of ether oxygens (including phenoxy) is 2. The Labute approximate surface area is 193 Å². The molecule has 0 aliphatic rings. The van der Waals surface area contributed by atoms with Crippen LogP contribution in [0.3, 0.4) is 0 Å². The average molecular weight is 451 g/mol. The van der Waals surface area contributed by atoms with Crippen LogP contribution in [0.15, 0.2) is 48.5 Å². The van der Waals surface area contributed by atoms with E-state index in [1.54, 1.807) is 7.11 Å². The van der Waals surface area contributed by atoms with Gasteiger partial charge in [-0.25, -0.2) is 4.98 Å². The predicted molar refractivity (Wildman–Crippen MR) is 127 cm³/mol. The highest BCUT2D eigenvalue weighted by Crippen LogP contribution is 2.27. The van der Waals surface area contributed by atoms with Crippen LogP contribution in [-0.2, 0) is 26.7 Å². The second kappa shape index (κ2) is 9.59. The third-order valence-electron chi connectivity index (χ3n) is 5.66. The number of hydrogen-bond donors (Lipinski definition) is 1. The van der Waals surface area contributed by atoms with Gasteiger partial charge in [0.1, 0.15) is 12.4 Å². The topological polar surface area (TPSA) is 61.2 Å². The highest BCUT2D eigenvalue weighted by molar-refractivity contribution is 6.31. The van der Waals surface area contributed by atoms with E-state index in [1.807, 2.05) is 61.1 Å². The van der Waals surface area contributed by atoms with Gasteiger partial charge < -0.3 is 14.8 Å². The van der Waals surface area contributed by atoms with Crippen molar-refractivity contribution in [2.75, 3.05) is 7.11 Å². The van der Waals surface area contributed by atoms with Gasteiger partial charge in [0.05, 0.1) is 18.3 Å². The maximum absolute atomic E-state index is 6.31. The van der Waals surface area contributed by atoms with E-state index in [-0.39, 0.29) is 0 Å². The van der Waals surface area contributed by atoms with Crippen LogP contribution < -0.4 is 14.8 Å². The Kier molecular flexibility index (Phi) is 6.63. The number of aryl methyl sites for hydroxylation is 2. The minimum atomic E-state index is 0.343. The molecule has 0 radical (unpaired) electrons. The lowest BCUT2D eigenvalue weighted by atomic mass is 10.1. The first-order chi connectivity index (χ1) is 15.5. The lowest BCUT2D eigenvalue weighted by Gasteiger charge is -2.14. The van der Waals surface area contributed by atoms with E-state index in [2.05, 4.69) is 23.4 Å². The van der Waals surface area contributed by atoms with Crippen molar-refractivity contribution in [3.8, 4) is 11.6 Å². The summed E-state index contributed by atoms with van der Waals surface area (Å²) in [5, 5.41) is 9.73. The van der Waals surface area contributed by atoms with E-state index in [0.717, 1.165) is 45.7 Å². The molecule has 0 atom stereocenters. The Hall–Kier alpha value is -3.09. The zero-order valence-electron chi connectivity index (χ0n) is 18.8. The SMILES string of the molecule is COc1ccc2cc(CNCc3c(C)nn(C)c3C)c(OCc3ccccc3Cl)nc2c1. The van der Waals surface area contributed by atoms with Crippen LogP contribution in [0, 0.1) is 13.8 Å². The molecule has 4 rings (SSSR count). The molecule has 6 nitrogen and oxygen atoms in total. The Morgan fingerprint density at radius 3 is 2.56 bits per heavy atom. The minimum absolute atomic E-state index is 0.343. The third kappa shape index (κ3) is 4.71. The Morgan fingerprint density at radius 2 is 1.84 bits per heavy atom. The van der Waals surface area contributed by atoms with E-state index in [1.165, 1.54) is 5.56 Å². The number of methoxy groups -OCH3 is 1. The molecule has 2 heterocycles. The number of fused-ring (bicyclic) bond motifs is 1. The van der Waals surface area contributed by atoms with Gasteiger partial charge in [-0.05, 0) is 38.1 Å². The van der Waals surface area contributed by atoms with Crippen molar-refractivity contribution in [1.82, 2.24) is 20.1 Å². The summed E-state index contributed by atoms with van der Waals surface area (Å²) in [7, 11) is 3.62. The molecule has 0 saturated carbocycles. The summed E-state index contributed by atoms with van der Waals surface area (Å²) >= 11 is 6.31. The largest absolute Gasteiger partial charge is 0.497 e. The zero-order chi connectivity index (χ0) is 22.7. The summed E-state index contributed by atoms with van der Waals surface area (Å²) in [4.78, 5) is 4.79. The molecule has 2 aromatic carbocycles. The summed E-state index contributed by atoms with van der Waals surface area (Å²) in [5.74, 6) is 1.34. The standard InChI is InChI=1S/C25H27ClN4O2/c1-16-22(17(2)30(3)29-16)14-27-13-20-11-18-9-10-21(31-4)12-24(18)28-25(20)32-15-19-7-5-6-8-23(19)26/h5-12,27H,13-15H2,1-4H3. The molecule has 0 unspecified atom stereocenters. The van der Waals surface area contributed by atoms with Gasteiger partial charge in [0.25, 0.3) is 0 Å². The first-order valence-electron chi connectivity index (χ1n) is 10.5. The monoisotopic (exact) mass is 450 g/mol. The van der Waals surface area contributed by atoms with Crippen molar-refractivity contribution in [2.45, 2.75) is 33.5 Å². The first-order valence-corrected chi connectivity index (χ1v) is 10.9. The fourth-order valence-electron chi connectivity index (χ4n) is 3.71. The Balaban J connectivity index is 1.59. The van der Waals surface area contributed by atoms with Crippen LogP contribution in [-0.4, -0.2) is 21.9 Å². The van der Waals surface area contributed by atoms with Crippen LogP contribution in [0.5, 0.6) is 11.6 Å². The van der Waals surface area contributed by atoms with Gasteiger partial charge in [0, 0.05) is 59.0 Å². The summed E-state index contributed by atoms with van der Waals surface area (Å²) in [6.07, 6.45) is 0. The van der Waals surface area contributed by atoms with Crippen LogP contribution in [0.4, 0.5) is 0 Å². The van der Waals surface area contributed by atoms with Gasteiger partial charge in [0.2, 0.25) is 5.88 Å². The van der Waals surface area contributed by atoms with E-state index < -0.39 is 0 Å². The normalized spacial score (nSPS) is 11.2. The molecular weight excluding hydrogens is 424 g/mol. The van der Waals surface area contributed by atoms with Crippen LogP contribution in [0.1, 0.15) is 28.1 Å². The summed E-state index contributed by atoms with van der Waals surface area (Å²) < 4.78 is 13.4. The zero-order valence-corrected chi connectivity index (χ0v) is 19.5. The van der Waals surface area contributed by atoms with Crippen LogP contribution in [0.25, 0.3) is 10.9 Å². The number of rotatable bonds is 8.